The van der Waals surface area contributed by atoms with Gasteiger partial charge in [-0.2, -0.15) is 5.10 Å². The topological polar surface area (TPSA) is 50.9 Å². The Balaban J connectivity index is 3.06. The molecule has 0 aliphatic carbocycles. The Hall–Kier alpha value is -1.32. The molecule has 0 aliphatic rings. The Labute approximate surface area is 78.0 Å². The zero-order valence-electron chi connectivity index (χ0n) is 8.51. The number of aryl methyl sites for hydroxylation is 2. The van der Waals surface area contributed by atoms with Crippen molar-refractivity contribution in [3.05, 3.63) is 17.0 Å². The van der Waals surface area contributed by atoms with Gasteiger partial charge in [-0.25, -0.2) is 0 Å². The summed E-state index contributed by atoms with van der Waals surface area (Å²) < 4.78 is 6.90. The number of rotatable bonds is 2. The Bertz CT molecular complexity index is 328. The quantitative estimate of drug-likeness (QED) is 0.554. The van der Waals surface area contributed by atoms with Gasteiger partial charge in [0.15, 0.2) is 0 Å². The van der Waals surface area contributed by atoms with Crippen molar-refractivity contribution in [2.24, 2.45) is 7.05 Å². The molecule has 1 N–H and O–H groups in total. The zero-order chi connectivity index (χ0) is 10.0. The zero-order valence-corrected chi connectivity index (χ0v) is 8.51. The molecule has 13 heavy (non-hydrogen) atoms. The Morgan fingerprint density at radius 1 is 1.54 bits per heavy atom. The van der Waals surface area contributed by atoms with Gasteiger partial charge >= 0.3 is 0 Å². The van der Waals surface area contributed by atoms with Gasteiger partial charge in [0.1, 0.15) is 0 Å². The van der Waals surface area contributed by atoms with Gasteiger partial charge in [-0.05, 0) is 20.8 Å². The molecule has 1 heterocycles. The molecular weight excluding hydrogens is 166 g/mol. The van der Waals surface area contributed by atoms with Crippen molar-refractivity contribution in [3.63, 3.8) is 0 Å². The molecule has 72 valence electrons. The van der Waals surface area contributed by atoms with Gasteiger partial charge in [-0.3, -0.25) is 10.1 Å². The Kier molecular flexibility index (Phi) is 2.70. The van der Waals surface area contributed by atoms with E-state index < -0.39 is 0 Å². The lowest BCUT2D eigenvalue weighted by Gasteiger charge is -2.04. The number of hydrogen-bond donors (Lipinski definition) is 1. The smallest absolute Gasteiger partial charge is 0.216 e. The maximum Gasteiger partial charge on any atom is 0.216 e. The summed E-state index contributed by atoms with van der Waals surface area (Å²) in [6.45, 7) is 6.21. The molecule has 1 aromatic rings. The fourth-order valence-corrected chi connectivity index (χ4v) is 1.32. The average molecular weight is 181 g/mol. The van der Waals surface area contributed by atoms with Gasteiger partial charge in [-0.1, -0.05) is 0 Å². The molecule has 0 amide bonds. The van der Waals surface area contributed by atoms with Crippen LogP contribution < -0.4 is 0 Å². The van der Waals surface area contributed by atoms with Crippen LogP contribution in [0.25, 0.3) is 0 Å². The number of nitrogens with zero attached hydrogens (tertiary/aromatic N) is 2. The first-order valence-electron chi connectivity index (χ1n) is 4.29. The molecule has 0 aromatic carbocycles. The van der Waals surface area contributed by atoms with Gasteiger partial charge < -0.3 is 4.74 Å². The minimum absolute atomic E-state index is 0.214. The van der Waals surface area contributed by atoms with Crippen LogP contribution in [0.15, 0.2) is 0 Å². The monoisotopic (exact) mass is 181 g/mol. The van der Waals surface area contributed by atoms with Crippen molar-refractivity contribution in [1.29, 1.82) is 5.41 Å². The van der Waals surface area contributed by atoms with Crippen LogP contribution in [-0.2, 0) is 11.8 Å². The van der Waals surface area contributed by atoms with Gasteiger partial charge in [0.05, 0.1) is 17.9 Å². The summed E-state index contributed by atoms with van der Waals surface area (Å²) in [6.07, 6.45) is 0. The van der Waals surface area contributed by atoms with Crippen molar-refractivity contribution in [3.8, 4) is 0 Å². The highest BCUT2D eigenvalue weighted by Gasteiger charge is 2.14. The van der Waals surface area contributed by atoms with E-state index in [-0.39, 0.29) is 5.90 Å². The van der Waals surface area contributed by atoms with Crippen molar-refractivity contribution >= 4 is 5.90 Å². The summed E-state index contributed by atoms with van der Waals surface area (Å²) >= 11 is 0. The van der Waals surface area contributed by atoms with E-state index in [1.54, 1.807) is 4.68 Å². The average Bonchev–Trinajstić information content (AvgIpc) is 2.27. The van der Waals surface area contributed by atoms with Gasteiger partial charge in [-0.15, -0.1) is 0 Å². The molecule has 0 bridgehead atoms. The van der Waals surface area contributed by atoms with Crippen LogP contribution in [0.3, 0.4) is 0 Å². The number of hydrogen-bond acceptors (Lipinski definition) is 3. The summed E-state index contributed by atoms with van der Waals surface area (Å²) in [7, 11) is 1.87. The fourth-order valence-electron chi connectivity index (χ4n) is 1.32. The third-order valence-corrected chi connectivity index (χ3v) is 2.02. The maximum absolute atomic E-state index is 7.65. The first kappa shape index (κ1) is 9.77. The molecule has 0 saturated heterocycles. The highest BCUT2D eigenvalue weighted by molar-refractivity contribution is 5.93. The SMILES string of the molecule is CCOC(=N)c1c(C)nn(C)c1C. The number of aromatic nitrogens is 2. The molecule has 4 nitrogen and oxygen atoms in total. The van der Waals surface area contributed by atoms with Crippen LogP contribution in [0.4, 0.5) is 0 Å². The van der Waals surface area contributed by atoms with Crippen LogP contribution in [0.1, 0.15) is 23.9 Å². The summed E-state index contributed by atoms with van der Waals surface area (Å²) in [5.41, 5.74) is 2.62. The van der Waals surface area contributed by atoms with Gasteiger partial charge in [0, 0.05) is 12.7 Å². The van der Waals surface area contributed by atoms with Crippen molar-refractivity contribution in [1.82, 2.24) is 9.78 Å². The molecule has 1 rings (SSSR count). The maximum atomic E-state index is 7.65. The predicted molar refractivity (Wildman–Crippen MR) is 51.1 cm³/mol. The minimum atomic E-state index is 0.214. The second-order valence-electron chi connectivity index (χ2n) is 2.93. The Morgan fingerprint density at radius 3 is 2.54 bits per heavy atom. The Morgan fingerprint density at radius 2 is 2.15 bits per heavy atom. The normalized spacial score (nSPS) is 10.2. The van der Waals surface area contributed by atoms with Crippen molar-refractivity contribution in [2.45, 2.75) is 20.8 Å². The highest BCUT2D eigenvalue weighted by Crippen LogP contribution is 2.12. The number of nitrogens with one attached hydrogen (secondary N) is 1. The summed E-state index contributed by atoms with van der Waals surface area (Å²) in [5.74, 6) is 0.214. The van der Waals surface area contributed by atoms with E-state index in [4.69, 9.17) is 10.1 Å². The van der Waals surface area contributed by atoms with E-state index >= 15 is 0 Å². The van der Waals surface area contributed by atoms with E-state index in [1.807, 2.05) is 27.8 Å². The lowest BCUT2D eigenvalue weighted by atomic mass is 10.2. The second-order valence-corrected chi connectivity index (χ2v) is 2.93. The molecule has 0 fully saturated rings. The number of ether oxygens (including phenoxy) is 1. The first-order chi connectivity index (χ1) is 6.07. The van der Waals surface area contributed by atoms with Crippen molar-refractivity contribution < 1.29 is 4.74 Å². The molecule has 0 saturated carbocycles. The highest BCUT2D eigenvalue weighted by atomic mass is 16.5. The first-order valence-corrected chi connectivity index (χ1v) is 4.29. The third-order valence-electron chi connectivity index (χ3n) is 2.02. The lowest BCUT2D eigenvalue weighted by Crippen LogP contribution is -2.07. The molecular formula is C9H15N3O. The molecule has 0 spiro atoms. The molecule has 0 atom stereocenters. The lowest BCUT2D eigenvalue weighted by molar-refractivity contribution is 0.325. The molecule has 1 aromatic heterocycles. The minimum Gasteiger partial charge on any atom is -0.478 e. The van der Waals surface area contributed by atoms with Crippen molar-refractivity contribution in [2.75, 3.05) is 6.61 Å². The van der Waals surface area contributed by atoms with E-state index in [0.29, 0.717) is 6.61 Å². The van der Waals surface area contributed by atoms with Crippen LogP contribution in [0.2, 0.25) is 0 Å². The van der Waals surface area contributed by atoms with Gasteiger partial charge in [0.2, 0.25) is 5.90 Å². The fraction of sp³-hybridized carbons (Fsp3) is 0.556. The second kappa shape index (κ2) is 3.60. The van der Waals surface area contributed by atoms with Crippen LogP contribution in [0, 0.1) is 19.3 Å². The summed E-state index contributed by atoms with van der Waals surface area (Å²) in [4.78, 5) is 0. The largest absolute Gasteiger partial charge is 0.478 e. The van der Waals surface area contributed by atoms with E-state index in [1.165, 1.54) is 0 Å². The van der Waals surface area contributed by atoms with E-state index in [9.17, 15) is 0 Å². The summed E-state index contributed by atoms with van der Waals surface area (Å²) in [6, 6.07) is 0. The molecule has 4 heteroatoms. The predicted octanol–water partition coefficient (Wildman–Crippen LogP) is 1.40. The van der Waals surface area contributed by atoms with E-state index in [0.717, 1.165) is 17.0 Å². The standard InChI is InChI=1S/C9H15N3O/c1-5-13-9(10)8-6(2)11-12(4)7(8)3/h10H,5H2,1-4H3. The molecule has 0 radical (unpaired) electrons. The van der Waals surface area contributed by atoms with Crippen LogP contribution in [-0.4, -0.2) is 22.3 Å². The van der Waals surface area contributed by atoms with Crippen LogP contribution >= 0.6 is 0 Å². The van der Waals surface area contributed by atoms with Gasteiger partial charge in [0.25, 0.3) is 0 Å². The molecule has 0 aliphatic heterocycles. The third kappa shape index (κ3) is 1.71. The molecule has 0 unspecified atom stereocenters. The summed E-state index contributed by atoms with van der Waals surface area (Å²) in [5, 5.41) is 11.9. The van der Waals surface area contributed by atoms with E-state index in [2.05, 4.69) is 5.10 Å². The van der Waals surface area contributed by atoms with Crippen LogP contribution in [0.5, 0.6) is 0 Å².